The molecule has 0 aliphatic heterocycles. The molecule has 1 heterocycles. The molecule has 4 nitrogen and oxygen atoms in total. The topological polar surface area (TPSA) is 47.3 Å². The van der Waals surface area contributed by atoms with Crippen molar-refractivity contribution in [1.82, 2.24) is 9.78 Å². The van der Waals surface area contributed by atoms with E-state index in [0.29, 0.717) is 24.3 Å². The summed E-state index contributed by atoms with van der Waals surface area (Å²) >= 11 is 0. The lowest BCUT2D eigenvalue weighted by Crippen LogP contribution is -1.95. The zero-order valence-corrected chi connectivity index (χ0v) is 11.1. The van der Waals surface area contributed by atoms with Crippen LogP contribution in [0.2, 0.25) is 0 Å². The van der Waals surface area contributed by atoms with Gasteiger partial charge in [0.1, 0.15) is 18.2 Å². The van der Waals surface area contributed by atoms with Gasteiger partial charge in [0.15, 0.2) is 0 Å². The van der Waals surface area contributed by atoms with Crippen LogP contribution in [0.25, 0.3) is 0 Å². The summed E-state index contributed by atoms with van der Waals surface area (Å²) in [6.45, 7) is 0.313. The van der Waals surface area contributed by atoms with Crippen molar-refractivity contribution in [3.8, 4) is 17.6 Å². The second kappa shape index (κ2) is 6.73. The van der Waals surface area contributed by atoms with Crippen molar-refractivity contribution in [2.75, 3.05) is 6.61 Å². The Morgan fingerprint density at radius 3 is 2.95 bits per heavy atom. The summed E-state index contributed by atoms with van der Waals surface area (Å²) in [5.41, 5.74) is 1.43. The maximum Gasteiger partial charge on any atom is 0.128 e. The molecule has 20 heavy (non-hydrogen) atoms. The van der Waals surface area contributed by atoms with Crippen LogP contribution in [0.3, 0.4) is 0 Å². The van der Waals surface area contributed by atoms with E-state index in [1.807, 2.05) is 13.2 Å². The molecule has 1 N–H and O–H groups in total. The van der Waals surface area contributed by atoms with Gasteiger partial charge in [-0.2, -0.15) is 5.10 Å². The highest BCUT2D eigenvalue weighted by atomic mass is 19.1. The molecule has 104 valence electrons. The van der Waals surface area contributed by atoms with Crippen molar-refractivity contribution >= 4 is 0 Å². The molecular formula is C15H15FN2O2. The number of rotatable bonds is 4. The van der Waals surface area contributed by atoms with Gasteiger partial charge >= 0.3 is 0 Å². The molecule has 2 rings (SSSR count). The quantitative estimate of drug-likeness (QED) is 0.866. The zero-order chi connectivity index (χ0) is 14.4. The van der Waals surface area contributed by atoms with Crippen LogP contribution in [0.4, 0.5) is 4.39 Å². The van der Waals surface area contributed by atoms with Gasteiger partial charge in [-0.15, -0.1) is 0 Å². The molecule has 0 amide bonds. The van der Waals surface area contributed by atoms with Gasteiger partial charge < -0.3 is 9.84 Å². The van der Waals surface area contributed by atoms with Crippen molar-refractivity contribution < 1.29 is 14.2 Å². The number of aliphatic hydroxyl groups excluding tert-OH is 1. The second-order valence-corrected chi connectivity index (χ2v) is 4.26. The molecule has 0 unspecified atom stereocenters. The number of hydrogen-bond acceptors (Lipinski definition) is 3. The lowest BCUT2D eigenvalue weighted by atomic mass is 10.2. The first-order valence-corrected chi connectivity index (χ1v) is 6.18. The smallest absolute Gasteiger partial charge is 0.128 e. The van der Waals surface area contributed by atoms with E-state index in [1.165, 1.54) is 12.1 Å². The van der Waals surface area contributed by atoms with Crippen LogP contribution < -0.4 is 4.74 Å². The molecule has 0 radical (unpaired) electrons. The SMILES string of the molecule is Cn1cc(COc2cc(F)cc(C#CCCO)c2)cn1. The summed E-state index contributed by atoms with van der Waals surface area (Å²) in [5.74, 6) is 5.55. The lowest BCUT2D eigenvalue weighted by Gasteiger charge is -2.05. The molecular weight excluding hydrogens is 259 g/mol. The first-order valence-electron chi connectivity index (χ1n) is 6.18. The minimum atomic E-state index is -0.401. The Balaban J connectivity index is 2.06. The number of benzene rings is 1. The van der Waals surface area contributed by atoms with E-state index in [1.54, 1.807) is 16.9 Å². The molecule has 0 fully saturated rings. The minimum Gasteiger partial charge on any atom is -0.489 e. The average Bonchev–Trinajstić information content (AvgIpc) is 2.82. The van der Waals surface area contributed by atoms with Gasteiger partial charge in [0.25, 0.3) is 0 Å². The number of nitrogens with zero attached hydrogens (tertiary/aromatic N) is 2. The molecule has 0 saturated heterocycles. The third-order valence-corrected chi connectivity index (χ3v) is 2.50. The normalized spacial score (nSPS) is 9.95. The number of aromatic nitrogens is 2. The Labute approximate surface area is 116 Å². The molecule has 1 aromatic carbocycles. The monoisotopic (exact) mass is 274 g/mol. The molecule has 0 atom stereocenters. The van der Waals surface area contributed by atoms with E-state index < -0.39 is 5.82 Å². The van der Waals surface area contributed by atoms with E-state index >= 15 is 0 Å². The Morgan fingerprint density at radius 2 is 2.25 bits per heavy atom. The fourth-order valence-corrected chi connectivity index (χ4v) is 1.65. The van der Waals surface area contributed by atoms with Crippen LogP contribution in [-0.4, -0.2) is 21.5 Å². The van der Waals surface area contributed by atoms with Gasteiger partial charge in [-0.25, -0.2) is 4.39 Å². The largest absolute Gasteiger partial charge is 0.489 e. The summed E-state index contributed by atoms with van der Waals surface area (Å²) in [5, 5.41) is 12.7. The summed E-state index contributed by atoms with van der Waals surface area (Å²) in [7, 11) is 1.82. The molecule has 5 heteroatoms. The highest BCUT2D eigenvalue weighted by Crippen LogP contribution is 2.17. The van der Waals surface area contributed by atoms with Gasteiger partial charge in [0, 0.05) is 36.9 Å². The first-order chi connectivity index (χ1) is 9.67. The number of ether oxygens (including phenoxy) is 1. The van der Waals surface area contributed by atoms with Crippen molar-refractivity contribution in [2.45, 2.75) is 13.0 Å². The molecule has 0 bridgehead atoms. The van der Waals surface area contributed by atoms with Crippen molar-refractivity contribution in [3.63, 3.8) is 0 Å². The van der Waals surface area contributed by atoms with Crippen molar-refractivity contribution in [1.29, 1.82) is 0 Å². The highest BCUT2D eigenvalue weighted by molar-refractivity contribution is 5.40. The van der Waals surface area contributed by atoms with Crippen LogP contribution >= 0.6 is 0 Å². The van der Waals surface area contributed by atoms with Gasteiger partial charge in [-0.05, 0) is 12.1 Å². The van der Waals surface area contributed by atoms with Crippen molar-refractivity contribution in [3.05, 3.63) is 47.5 Å². The van der Waals surface area contributed by atoms with E-state index in [2.05, 4.69) is 16.9 Å². The fraction of sp³-hybridized carbons (Fsp3) is 0.267. The van der Waals surface area contributed by atoms with E-state index in [-0.39, 0.29) is 6.61 Å². The average molecular weight is 274 g/mol. The summed E-state index contributed by atoms with van der Waals surface area (Å²) in [6, 6.07) is 4.32. The van der Waals surface area contributed by atoms with Crippen LogP contribution in [-0.2, 0) is 13.7 Å². The number of halogens is 1. The third kappa shape index (κ3) is 4.11. The van der Waals surface area contributed by atoms with Crippen LogP contribution in [0, 0.1) is 17.7 Å². The molecule has 2 aromatic rings. The minimum absolute atomic E-state index is 0.00726. The predicted octanol–water partition coefficient (Wildman–Crippen LogP) is 1.87. The van der Waals surface area contributed by atoms with Crippen LogP contribution in [0.15, 0.2) is 30.6 Å². The Hall–Kier alpha value is -2.32. The first kappa shape index (κ1) is 14.1. The number of hydrogen-bond donors (Lipinski definition) is 1. The third-order valence-electron chi connectivity index (χ3n) is 2.50. The van der Waals surface area contributed by atoms with Gasteiger partial charge in [0.05, 0.1) is 12.8 Å². The van der Waals surface area contributed by atoms with Crippen LogP contribution in [0.5, 0.6) is 5.75 Å². The summed E-state index contributed by atoms with van der Waals surface area (Å²) < 4.78 is 20.7. The second-order valence-electron chi connectivity index (χ2n) is 4.26. The van der Waals surface area contributed by atoms with Gasteiger partial charge in [0.2, 0.25) is 0 Å². The number of aliphatic hydroxyl groups is 1. The van der Waals surface area contributed by atoms with Crippen molar-refractivity contribution in [2.24, 2.45) is 7.05 Å². The fourth-order valence-electron chi connectivity index (χ4n) is 1.65. The van der Waals surface area contributed by atoms with Gasteiger partial charge in [-0.3, -0.25) is 4.68 Å². The Morgan fingerprint density at radius 1 is 1.40 bits per heavy atom. The highest BCUT2D eigenvalue weighted by Gasteiger charge is 2.02. The Bertz CT molecular complexity index is 641. The van der Waals surface area contributed by atoms with E-state index in [9.17, 15) is 4.39 Å². The zero-order valence-electron chi connectivity index (χ0n) is 11.1. The molecule has 0 spiro atoms. The summed E-state index contributed by atoms with van der Waals surface area (Å²) in [4.78, 5) is 0. The standard InChI is InChI=1S/C15H15FN2O2/c1-18-10-13(9-17-18)11-20-15-7-12(4-2-3-5-19)6-14(16)8-15/h6-10,19H,3,5,11H2,1H3. The van der Waals surface area contributed by atoms with E-state index in [0.717, 1.165) is 5.56 Å². The Kier molecular flexibility index (Phi) is 4.75. The van der Waals surface area contributed by atoms with Gasteiger partial charge in [-0.1, -0.05) is 11.8 Å². The lowest BCUT2D eigenvalue weighted by molar-refractivity contribution is 0.304. The predicted molar refractivity (Wildman–Crippen MR) is 72.5 cm³/mol. The number of aryl methyl sites for hydroxylation is 1. The maximum atomic E-state index is 13.5. The molecule has 1 aromatic heterocycles. The molecule has 0 saturated carbocycles. The maximum absolute atomic E-state index is 13.5. The summed E-state index contributed by atoms with van der Waals surface area (Å²) in [6.07, 6.45) is 3.89. The van der Waals surface area contributed by atoms with Crippen LogP contribution in [0.1, 0.15) is 17.5 Å². The molecule has 0 aliphatic rings. The van der Waals surface area contributed by atoms with E-state index in [4.69, 9.17) is 9.84 Å². The molecule has 0 aliphatic carbocycles.